The van der Waals surface area contributed by atoms with E-state index in [2.05, 4.69) is 29.5 Å². The lowest BCUT2D eigenvalue weighted by Gasteiger charge is -2.21. The van der Waals surface area contributed by atoms with E-state index in [9.17, 15) is 0 Å². The van der Waals surface area contributed by atoms with Crippen LogP contribution in [0.3, 0.4) is 0 Å². The molecule has 1 aromatic rings. The van der Waals surface area contributed by atoms with Crippen molar-refractivity contribution in [2.45, 2.75) is 64.6 Å². The number of aromatic nitrogens is 1. The standard InChI is InChI=1S/C14H25N3S/c1-11(8-13-6-4-3-5-7-15-13)16-9-14-12(2)17-10-18-14/h10-11,13,15-16H,3-9H2,1-2H3. The molecule has 4 heteroatoms. The van der Waals surface area contributed by atoms with Crippen LogP contribution in [-0.4, -0.2) is 23.6 Å². The monoisotopic (exact) mass is 267 g/mol. The number of hydrogen-bond donors (Lipinski definition) is 2. The minimum Gasteiger partial charge on any atom is -0.314 e. The van der Waals surface area contributed by atoms with E-state index in [0.717, 1.165) is 6.54 Å². The highest BCUT2D eigenvalue weighted by molar-refractivity contribution is 7.09. The SMILES string of the molecule is Cc1ncsc1CNC(C)CC1CCCCCN1. The van der Waals surface area contributed by atoms with E-state index in [1.807, 2.05) is 5.51 Å². The van der Waals surface area contributed by atoms with E-state index in [1.54, 1.807) is 11.3 Å². The first kappa shape index (κ1) is 14.0. The summed E-state index contributed by atoms with van der Waals surface area (Å²) in [4.78, 5) is 5.66. The molecule has 3 nitrogen and oxygen atoms in total. The maximum Gasteiger partial charge on any atom is 0.0798 e. The van der Waals surface area contributed by atoms with Crippen LogP contribution in [-0.2, 0) is 6.54 Å². The molecule has 1 aliphatic heterocycles. The Bertz CT molecular complexity index is 343. The van der Waals surface area contributed by atoms with Crippen LogP contribution in [0.5, 0.6) is 0 Å². The lowest BCUT2D eigenvalue weighted by molar-refractivity contribution is 0.403. The summed E-state index contributed by atoms with van der Waals surface area (Å²) >= 11 is 1.75. The Hall–Kier alpha value is -0.450. The van der Waals surface area contributed by atoms with Crippen LogP contribution >= 0.6 is 11.3 Å². The molecule has 0 spiro atoms. The van der Waals surface area contributed by atoms with Crippen molar-refractivity contribution in [3.63, 3.8) is 0 Å². The number of nitrogens with zero attached hydrogens (tertiary/aromatic N) is 1. The second kappa shape index (κ2) is 7.22. The van der Waals surface area contributed by atoms with Crippen molar-refractivity contribution < 1.29 is 0 Å². The van der Waals surface area contributed by atoms with Gasteiger partial charge in [0, 0.05) is 23.5 Å². The molecule has 2 rings (SSSR count). The predicted molar refractivity (Wildman–Crippen MR) is 78.0 cm³/mol. The number of aryl methyl sites for hydroxylation is 1. The van der Waals surface area contributed by atoms with Gasteiger partial charge in [0.15, 0.2) is 0 Å². The molecule has 18 heavy (non-hydrogen) atoms. The fourth-order valence-electron chi connectivity index (χ4n) is 2.57. The lowest BCUT2D eigenvalue weighted by Crippen LogP contribution is -2.36. The third-order valence-corrected chi connectivity index (χ3v) is 4.69. The van der Waals surface area contributed by atoms with Crippen molar-refractivity contribution in [3.8, 4) is 0 Å². The van der Waals surface area contributed by atoms with Gasteiger partial charge in [-0.15, -0.1) is 11.3 Å². The highest BCUT2D eigenvalue weighted by Gasteiger charge is 2.14. The Morgan fingerprint density at radius 2 is 2.39 bits per heavy atom. The molecular weight excluding hydrogens is 242 g/mol. The van der Waals surface area contributed by atoms with Gasteiger partial charge in [0.05, 0.1) is 11.2 Å². The van der Waals surface area contributed by atoms with Crippen molar-refractivity contribution in [1.82, 2.24) is 15.6 Å². The topological polar surface area (TPSA) is 37.0 Å². The molecule has 102 valence electrons. The minimum atomic E-state index is 0.571. The Balaban J connectivity index is 1.71. The van der Waals surface area contributed by atoms with Crippen LogP contribution in [0.1, 0.15) is 49.6 Å². The Morgan fingerprint density at radius 3 is 3.17 bits per heavy atom. The first-order chi connectivity index (χ1) is 8.75. The summed E-state index contributed by atoms with van der Waals surface area (Å²) in [6, 6.07) is 1.28. The fraction of sp³-hybridized carbons (Fsp3) is 0.786. The molecule has 1 saturated heterocycles. The number of nitrogens with one attached hydrogen (secondary N) is 2. The molecule has 2 N–H and O–H groups in total. The molecule has 1 aliphatic rings. The van der Waals surface area contributed by atoms with E-state index < -0.39 is 0 Å². The Labute approximate surface area is 114 Å². The third kappa shape index (κ3) is 4.34. The Morgan fingerprint density at radius 1 is 1.50 bits per heavy atom. The molecule has 2 unspecified atom stereocenters. The van der Waals surface area contributed by atoms with Crippen molar-refractivity contribution in [2.75, 3.05) is 6.54 Å². The minimum absolute atomic E-state index is 0.571. The maximum atomic E-state index is 4.29. The van der Waals surface area contributed by atoms with Gasteiger partial charge in [-0.25, -0.2) is 4.98 Å². The highest BCUT2D eigenvalue weighted by atomic mass is 32.1. The van der Waals surface area contributed by atoms with E-state index >= 15 is 0 Å². The number of rotatable bonds is 5. The smallest absolute Gasteiger partial charge is 0.0798 e. The number of hydrogen-bond acceptors (Lipinski definition) is 4. The molecule has 0 saturated carbocycles. The predicted octanol–water partition coefficient (Wildman–Crippen LogP) is 2.85. The quantitative estimate of drug-likeness (QED) is 0.861. The van der Waals surface area contributed by atoms with Crippen molar-refractivity contribution in [1.29, 1.82) is 0 Å². The van der Waals surface area contributed by atoms with Crippen LogP contribution in [0, 0.1) is 6.92 Å². The summed E-state index contributed by atoms with van der Waals surface area (Å²) in [7, 11) is 0. The lowest BCUT2D eigenvalue weighted by atomic mass is 10.0. The van der Waals surface area contributed by atoms with Crippen molar-refractivity contribution in [3.05, 3.63) is 16.1 Å². The van der Waals surface area contributed by atoms with E-state index in [-0.39, 0.29) is 0 Å². The maximum absolute atomic E-state index is 4.29. The van der Waals surface area contributed by atoms with E-state index in [1.165, 1.54) is 49.2 Å². The summed E-state index contributed by atoms with van der Waals surface area (Å²) < 4.78 is 0. The third-order valence-electron chi connectivity index (χ3n) is 3.76. The zero-order valence-electron chi connectivity index (χ0n) is 11.5. The van der Waals surface area contributed by atoms with Gasteiger partial charge < -0.3 is 10.6 Å². The number of thiazole rings is 1. The first-order valence-electron chi connectivity index (χ1n) is 7.11. The molecular formula is C14H25N3S. The van der Waals surface area contributed by atoms with Crippen LogP contribution in [0.4, 0.5) is 0 Å². The summed E-state index contributed by atoms with van der Waals surface area (Å²) in [6.07, 6.45) is 6.70. The average molecular weight is 267 g/mol. The van der Waals surface area contributed by atoms with Crippen LogP contribution in [0.15, 0.2) is 5.51 Å². The van der Waals surface area contributed by atoms with Gasteiger partial charge in [0.1, 0.15) is 0 Å². The van der Waals surface area contributed by atoms with Crippen molar-refractivity contribution >= 4 is 11.3 Å². The largest absolute Gasteiger partial charge is 0.314 e. The van der Waals surface area contributed by atoms with E-state index in [0.29, 0.717) is 12.1 Å². The van der Waals surface area contributed by atoms with Gasteiger partial charge in [0.2, 0.25) is 0 Å². The molecule has 1 aromatic heterocycles. The van der Waals surface area contributed by atoms with Crippen LogP contribution < -0.4 is 10.6 Å². The second-order valence-corrected chi connectivity index (χ2v) is 6.32. The first-order valence-corrected chi connectivity index (χ1v) is 7.99. The fourth-order valence-corrected chi connectivity index (χ4v) is 3.30. The van der Waals surface area contributed by atoms with Gasteiger partial charge >= 0.3 is 0 Å². The second-order valence-electron chi connectivity index (χ2n) is 5.38. The summed E-state index contributed by atoms with van der Waals surface area (Å²) in [5, 5.41) is 7.29. The molecule has 1 fully saturated rings. The molecule has 2 atom stereocenters. The summed E-state index contributed by atoms with van der Waals surface area (Å²) in [5.74, 6) is 0. The van der Waals surface area contributed by atoms with Crippen LogP contribution in [0.2, 0.25) is 0 Å². The summed E-state index contributed by atoms with van der Waals surface area (Å²) in [5.41, 5.74) is 3.11. The zero-order valence-corrected chi connectivity index (χ0v) is 12.4. The van der Waals surface area contributed by atoms with Gasteiger partial charge in [0.25, 0.3) is 0 Å². The van der Waals surface area contributed by atoms with Gasteiger partial charge in [-0.2, -0.15) is 0 Å². The van der Waals surface area contributed by atoms with Gasteiger partial charge in [-0.3, -0.25) is 0 Å². The normalized spacial score (nSPS) is 22.7. The molecule has 0 radical (unpaired) electrons. The highest BCUT2D eigenvalue weighted by Crippen LogP contribution is 2.14. The zero-order chi connectivity index (χ0) is 12.8. The van der Waals surface area contributed by atoms with Gasteiger partial charge in [-0.05, 0) is 39.7 Å². The van der Waals surface area contributed by atoms with Gasteiger partial charge in [-0.1, -0.05) is 12.8 Å². The molecule has 0 bridgehead atoms. The molecule has 0 aliphatic carbocycles. The van der Waals surface area contributed by atoms with Crippen molar-refractivity contribution in [2.24, 2.45) is 0 Å². The Kier molecular flexibility index (Phi) is 5.60. The van der Waals surface area contributed by atoms with Crippen LogP contribution in [0.25, 0.3) is 0 Å². The average Bonchev–Trinajstić information content (AvgIpc) is 2.61. The molecule has 2 heterocycles. The molecule has 0 aromatic carbocycles. The molecule has 0 amide bonds. The summed E-state index contributed by atoms with van der Waals surface area (Å²) in [6.45, 7) is 6.55. The van der Waals surface area contributed by atoms with E-state index in [4.69, 9.17) is 0 Å².